The molecule has 0 amide bonds. The van der Waals surface area contributed by atoms with E-state index in [2.05, 4.69) is 15.9 Å². The van der Waals surface area contributed by atoms with Gasteiger partial charge in [0, 0.05) is 6.20 Å². The fourth-order valence-corrected chi connectivity index (χ4v) is 1.75. The van der Waals surface area contributed by atoms with Crippen molar-refractivity contribution in [2.75, 3.05) is 0 Å². The lowest BCUT2D eigenvalue weighted by Crippen LogP contribution is -2.19. The number of rotatable bonds is 2. The van der Waals surface area contributed by atoms with Gasteiger partial charge < -0.3 is 8.98 Å². The van der Waals surface area contributed by atoms with Crippen LogP contribution in [0.25, 0.3) is 0 Å². The quantitative estimate of drug-likeness (QED) is 0.839. The largest absolute Gasteiger partial charge is 0.464 e. The molecule has 0 aliphatic heterocycles. The van der Waals surface area contributed by atoms with Gasteiger partial charge in [-0.2, -0.15) is 0 Å². The van der Waals surface area contributed by atoms with Gasteiger partial charge >= 0.3 is 0 Å². The Labute approximate surface area is 95.5 Å². The number of nitrogens with zero attached hydrogens (tertiary/aromatic N) is 1. The number of hydrogen-bond acceptors (Lipinski definition) is 2. The maximum atomic E-state index is 11.7. The fourth-order valence-electron chi connectivity index (χ4n) is 1.37. The summed E-state index contributed by atoms with van der Waals surface area (Å²) in [5, 5.41) is 0. The minimum Gasteiger partial charge on any atom is -0.464 e. The molecule has 0 aliphatic rings. The van der Waals surface area contributed by atoms with Crippen molar-refractivity contribution >= 4 is 15.9 Å². The van der Waals surface area contributed by atoms with Crippen molar-refractivity contribution in [1.82, 2.24) is 4.57 Å². The number of halogens is 1. The summed E-state index contributed by atoms with van der Waals surface area (Å²) in [5.41, 5.74) is -0.0495. The molecule has 2 aromatic heterocycles. The van der Waals surface area contributed by atoms with Gasteiger partial charge in [-0.1, -0.05) is 0 Å². The third kappa shape index (κ3) is 2.21. The fraction of sp³-hybridized carbons (Fsp3) is 0.182. The molecule has 0 atom stereocenters. The second kappa shape index (κ2) is 4.06. The average Bonchev–Trinajstić information content (AvgIpc) is 2.59. The topological polar surface area (TPSA) is 35.1 Å². The summed E-state index contributed by atoms with van der Waals surface area (Å²) < 4.78 is 7.57. The van der Waals surface area contributed by atoms with Crippen molar-refractivity contribution in [2.45, 2.75) is 13.5 Å². The number of pyridine rings is 1. The standard InChI is InChI=1S/C11H10BrNO2/c1-8-4-5-9(15-8)7-13-6-2-3-10(12)11(13)14/h2-6H,7H2,1H3. The highest BCUT2D eigenvalue weighted by molar-refractivity contribution is 9.10. The van der Waals surface area contributed by atoms with E-state index in [1.54, 1.807) is 16.8 Å². The SMILES string of the molecule is Cc1ccc(Cn2cccc(Br)c2=O)o1. The summed E-state index contributed by atoms with van der Waals surface area (Å²) in [4.78, 5) is 11.7. The monoisotopic (exact) mass is 267 g/mol. The molecular formula is C11H10BrNO2. The van der Waals surface area contributed by atoms with Crippen LogP contribution in [-0.4, -0.2) is 4.57 Å². The third-order valence-electron chi connectivity index (χ3n) is 2.10. The van der Waals surface area contributed by atoms with Gasteiger partial charge in [-0.05, 0) is 47.1 Å². The van der Waals surface area contributed by atoms with Crippen LogP contribution in [0.5, 0.6) is 0 Å². The van der Waals surface area contributed by atoms with E-state index in [0.717, 1.165) is 11.5 Å². The number of hydrogen-bond donors (Lipinski definition) is 0. The van der Waals surface area contributed by atoms with Gasteiger partial charge in [-0.3, -0.25) is 4.79 Å². The molecule has 78 valence electrons. The normalized spacial score (nSPS) is 10.5. The number of furan rings is 1. The second-order valence-corrected chi connectivity index (χ2v) is 4.16. The van der Waals surface area contributed by atoms with Crippen molar-refractivity contribution in [2.24, 2.45) is 0 Å². The highest BCUT2D eigenvalue weighted by Gasteiger charge is 2.03. The first-order chi connectivity index (χ1) is 7.16. The van der Waals surface area contributed by atoms with Gasteiger partial charge in [0.1, 0.15) is 11.5 Å². The van der Waals surface area contributed by atoms with Gasteiger partial charge in [-0.15, -0.1) is 0 Å². The van der Waals surface area contributed by atoms with Crippen LogP contribution >= 0.6 is 15.9 Å². The molecule has 0 fully saturated rings. The Morgan fingerprint density at radius 2 is 2.20 bits per heavy atom. The predicted octanol–water partition coefficient (Wildman–Crippen LogP) is 2.56. The second-order valence-electron chi connectivity index (χ2n) is 3.30. The Kier molecular flexibility index (Phi) is 2.77. The zero-order valence-corrected chi connectivity index (χ0v) is 9.82. The first-order valence-corrected chi connectivity index (χ1v) is 5.36. The molecule has 0 bridgehead atoms. The molecule has 2 rings (SSSR count). The van der Waals surface area contributed by atoms with Crippen LogP contribution in [0.2, 0.25) is 0 Å². The molecule has 4 heteroatoms. The summed E-state index contributed by atoms with van der Waals surface area (Å²) in [6, 6.07) is 7.31. The van der Waals surface area contributed by atoms with Crippen LogP contribution in [0.4, 0.5) is 0 Å². The van der Waals surface area contributed by atoms with Crippen molar-refractivity contribution in [3.63, 3.8) is 0 Å². The van der Waals surface area contributed by atoms with Gasteiger partial charge in [0.2, 0.25) is 0 Å². The van der Waals surface area contributed by atoms with Crippen LogP contribution in [0.1, 0.15) is 11.5 Å². The Morgan fingerprint density at radius 3 is 2.87 bits per heavy atom. The molecule has 2 aromatic rings. The van der Waals surface area contributed by atoms with Crippen LogP contribution in [0.3, 0.4) is 0 Å². The van der Waals surface area contributed by atoms with E-state index in [1.165, 1.54) is 0 Å². The lowest BCUT2D eigenvalue weighted by atomic mass is 10.4. The zero-order chi connectivity index (χ0) is 10.8. The number of aromatic nitrogens is 1. The summed E-state index contributed by atoms with van der Waals surface area (Å²) in [7, 11) is 0. The molecule has 0 saturated heterocycles. The third-order valence-corrected chi connectivity index (χ3v) is 2.70. The van der Waals surface area contributed by atoms with E-state index in [9.17, 15) is 4.79 Å². The van der Waals surface area contributed by atoms with Gasteiger partial charge in [0.15, 0.2) is 0 Å². The lowest BCUT2D eigenvalue weighted by Gasteiger charge is -2.02. The van der Waals surface area contributed by atoms with Crippen molar-refractivity contribution in [1.29, 1.82) is 0 Å². The van der Waals surface area contributed by atoms with Crippen LogP contribution in [0.15, 0.2) is 44.1 Å². The Balaban J connectivity index is 2.32. The molecule has 0 N–H and O–H groups in total. The molecule has 15 heavy (non-hydrogen) atoms. The van der Waals surface area contributed by atoms with E-state index >= 15 is 0 Å². The summed E-state index contributed by atoms with van der Waals surface area (Å²) in [5.74, 6) is 1.64. The molecule has 0 saturated carbocycles. The van der Waals surface area contributed by atoms with Crippen LogP contribution in [0, 0.1) is 6.92 Å². The maximum Gasteiger partial charge on any atom is 0.265 e. The highest BCUT2D eigenvalue weighted by atomic mass is 79.9. The van der Waals surface area contributed by atoms with E-state index in [-0.39, 0.29) is 5.56 Å². The maximum absolute atomic E-state index is 11.7. The molecule has 0 radical (unpaired) electrons. The smallest absolute Gasteiger partial charge is 0.265 e. The Hall–Kier alpha value is -1.29. The first kappa shape index (κ1) is 10.2. The summed E-state index contributed by atoms with van der Waals surface area (Å²) >= 11 is 3.20. The van der Waals surface area contributed by atoms with Crippen LogP contribution < -0.4 is 5.56 Å². The van der Waals surface area contributed by atoms with E-state index in [0.29, 0.717) is 11.0 Å². The highest BCUT2D eigenvalue weighted by Crippen LogP contribution is 2.08. The van der Waals surface area contributed by atoms with Crippen molar-refractivity contribution in [3.05, 3.63) is 56.8 Å². The van der Waals surface area contributed by atoms with E-state index in [1.807, 2.05) is 25.1 Å². The number of aryl methyl sites for hydroxylation is 1. The summed E-state index contributed by atoms with van der Waals surface area (Å²) in [6.45, 7) is 2.35. The minimum atomic E-state index is -0.0495. The van der Waals surface area contributed by atoms with Gasteiger partial charge in [0.25, 0.3) is 5.56 Å². The molecular weight excluding hydrogens is 258 g/mol. The first-order valence-electron chi connectivity index (χ1n) is 4.57. The molecule has 3 nitrogen and oxygen atoms in total. The molecule has 2 heterocycles. The predicted molar refractivity (Wildman–Crippen MR) is 60.9 cm³/mol. The van der Waals surface area contributed by atoms with Crippen molar-refractivity contribution < 1.29 is 4.42 Å². The molecule has 0 unspecified atom stereocenters. The molecule has 0 aromatic carbocycles. The Bertz CT molecular complexity index is 527. The van der Waals surface area contributed by atoms with Crippen LogP contribution in [-0.2, 0) is 6.54 Å². The summed E-state index contributed by atoms with van der Waals surface area (Å²) in [6.07, 6.45) is 1.74. The van der Waals surface area contributed by atoms with Gasteiger partial charge in [0.05, 0.1) is 11.0 Å². The molecule has 0 aliphatic carbocycles. The van der Waals surface area contributed by atoms with E-state index in [4.69, 9.17) is 4.42 Å². The Morgan fingerprint density at radius 1 is 1.40 bits per heavy atom. The van der Waals surface area contributed by atoms with Gasteiger partial charge in [-0.25, -0.2) is 0 Å². The molecule has 0 spiro atoms. The zero-order valence-electron chi connectivity index (χ0n) is 8.24. The van der Waals surface area contributed by atoms with Crippen molar-refractivity contribution in [3.8, 4) is 0 Å². The lowest BCUT2D eigenvalue weighted by molar-refractivity contribution is 0.467. The van der Waals surface area contributed by atoms with E-state index < -0.39 is 0 Å². The average molecular weight is 268 g/mol. The minimum absolute atomic E-state index is 0.0495.